The third-order valence-electron chi connectivity index (χ3n) is 3.68. The Balaban J connectivity index is 5.43. The van der Waals surface area contributed by atoms with E-state index in [1.165, 1.54) is 6.92 Å². The summed E-state index contributed by atoms with van der Waals surface area (Å²) in [4.78, 5) is 59.0. The highest BCUT2D eigenvalue weighted by atomic mass is 32.1. The van der Waals surface area contributed by atoms with Crippen molar-refractivity contribution in [3.8, 4) is 0 Å². The van der Waals surface area contributed by atoms with Crippen LogP contribution in [0.25, 0.3) is 0 Å². The van der Waals surface area contributed by atoms with E-state index in [1.54, 1.807) is 0 Å². The van der Waals surface area contributed by atoms with Gasteiger partial charge in [-0.25, -0.2) is 4.79 Å². The number of carbonyl (C=O) groups is 5. The Morgan fingerprint density at radius 1 is 0.897 bits per heavy atom. The van der Waals surface area contributed by atoms with E-state index in [2.05, 4.69) is 23.3 Å². The first kappa shape index (κ1) is 26.6. The standard InChI is InChI=1S/C15H27N5O8S/c1-5(21)10(19-12(24)7(16)4-29)14(26)18-8(3-9(17)23)13(25)20-11(6(2)22)15(27)28/h5-8,10-11,21-22,29H,3-4,16H2,1-2H3,(H2,17,23)(H,18,26)(H,19,24)(H,20,25)(H,27,28). The molecule has 0 aromatic carbocycles. The van der Waals surface area contributed by atoms with Gasteiger partial charge in [-0.15, -0.1) is 0 Å². The molecule has 166 valence electrons. The number of carboxylic acid groups (broad SMARTS) is 1. The SMILES string of the molecule is CC(O)C(NC(=O)C(CC(N)=O)NC(=O)C(NC(=O)C(N)CS)C(C)O)C(=O)O. The Morgan fingerprint density at radius 2 is 1.38 bits per heavy atom. The van der Waals surface area contributed by atoms with Gasteiger partial charge in [0.1, 0.15) is 12.1 Å². The summed E-state index contributed by atoms with van der Waals surface area (Å²) in [5, 5.41) is 34.5. The third kappa shape index (κ3) is 9.08. The number of carboxylic acids is 1. The minimum absolute atomic E-state index is 0.0391. The molecule has 0 rings (SSSR count). The molecule has 14 heteroatoms. The number of nitrogens with one attached hydrogen (secondary N) is 3. The monoisotopic (exact) mass is 437 g/mol. The lowest BCUT2D eigenvalue weighted by atomic mass is 10.1. The Kier molecular flexibility index (Phi) is 11.2. The minimum atomic E-state index is -1.71. The van der Waals surface area contributed by atoms with Crippen LogP contribution >= 0.6 is 12.6 Å². The van der Waals surface area contributed by atoms with Gasteiger partial charge in [0.2, 0.25) is 23.6 Å². The van der Waals surface area contributed by atoms with Gasteiger partial charge in [0, 0.05) is 5.75 Å². The van der Waals surface area contributed by atoms with Crippen LogP contribution in [0, 0.1) is 0 Å². The van der Waals surface area contributed by atoms with Gasteiger partial charge in [-0.3, -0.25) is 19.2 Å². The second-order valence-electron chi connectivity index (χ2n) is 6.31. The maximum Gasteiger partial charge on any atom is 0.328 e. The number of carbonyl (C=O) groups excluding carboxylic acids is 4. The highest BCUT2D eigenvalue weighted by Crippen LogP contribution is 2.01. The number of aliphatic carboxylic acids is 1. The van der Waals surface area contributed by atoms with E-state index in [0.29, 0.717) is 0 Å². The van der Waals surface area contributed by atoms with Crippen molar-refractivity contribution in [3.63, 3.8) is 0 Å². The topological polar surface area (TPSA) is 234 Å². The first-order valence-corrected chi connectivity index (χ1v) is 9.09. The Labute approximate surface area is 172 Å². The molecule has 0 spiro atoms. The molecule has 6 unspecified atom stereocenters. The fraction of sp³-hybridized carbons (Fsp3) is 0.667. The molecule has 0 aromatic heterocycles. The van der Waals surface area contributed by atoms with Crippen molar-refractivity contribution in [1.29, 1.82) is 0 Å². The van der Waals surface area contributed by atoms with Gasteiger partial charge in [0.05, 0.1) is 24.7 Å². The minimum Gasteiger partial charge on any atom is -0.480 e. The second kappa shape index (κ2) is 12.2. The van der Waals surface area contributed by atoms with Gasteiger partial charge >= 0.3 is 5.97 Å². The molecule has 0 heterocycles. The maximum atomic E-state index is 12.4. The summed E-state index contributed by atoms with van der Waals surface area (Å²) < 4.78 is 0. The summed E-state index contributed by atoms with van der Waals surface area (Å²) >= 11 is 3.84. The van der Waals surface area contributed by atoms with Gasteiger partial charge in [-0.05, 0) is 13.8 Å². The Morgan fingerprint density at radius 3 is 1.76 bits per heavy atom. The molecule has 4 amide bonds. The third-order valence-corrected chi connectivity index (χ3v) is 4.07. The predicted molar refractivity (Wildman–Crippen MR) is 102 cm³/mol. The molecule has 29 heavy (non-hydrogen) atoms. The molecule has 0 aromatic rings. The molecule has 0 bridgehead atoms. The van der Waals surface area contributed by atoms with E-state index in [0.717, 1.165) is 6.92 Å². The molecule has 13 nitrogen and oxygen atoms in total. The van der Waals surface area contributed by atoms with Crippen LogP contribution < -0.4 is 27.4 Å². The lowest BCUT2D eigenvalue weighted by Gasteiger charge is -2.26. The molecule has 10 N–H and O–H groups in total. The van der Waals surface area contributed by atoms with Crippen LogP contribution in [0.3, 0.4) is 0 Å². The van der Waals surface area contributed by atoms with Crippen LogP contribution in [0.4, 0.5) is 0 Å². The van der Waals surface area contributed by atoms with E-state index >= 15 is 0 Å². The smallest absolute Gasteiger partial charge is 0.328 e. The quantitative estimate of drug-likeness (QED) is 0.133. The summed E-state index contributed by atoms with van der Waals surface area (Å²) in [5.41, 5.74) is 10.5. The van der Waals surface area contributed by atoms with Crippen LogP contribution in [-0.4, -0.2) is 87.0 Å². The number of thiol groups is 1. The molecule has 0 fully saturated rings. The summed E-state index contributed by atoms with van der Waals surface area (Å²) in [6.07, 6.45) is -3.60. The van der Waals surface area contributed by atoms with Gasteiger partial charge in [0.25, 0.3) is 0 Å². The van der Waals surface area contributed by atoms with E-state index in [4.69, 9.17) is 16.6 Å². The second-order valence-corrected chi connectivity index (χ2v) is 6.68. The average Bonchev–Trinajstić information content (AvgIpc) is 2.60. The molecule has 6 atom stereocenters. The highest BCUT2D eigenvalue weighted by molar-refractivity contribution is 7.80. The van der Waals surface area contributed by atoms with Crippen molar-refractivity contribution in [2.24, 2.45) is 11.5 Å². The van der Waals surface area contributed by atoms with E-state index in [1.807, 2.05) is 5.32 Å². The van der Waals surface area contributed by atoms with Crippen LogP contribution in [-0.2, 0) is 24.0 Å². The zero-order valence-electron chi connectivity index (χ0n) is 15.9. The largest absolute Gasteiger partial charge is 0.480 e. The molecular weight excluding hydrogens is 410 g/mol. The van der Waals surface area contributed by atoms with Crippen molar-refractivity contribution in [2.75, 3.05) is 5.75 Å². The van der Waals surface area contributed by atoms with Gasteiger partial charge in [-0.2, -0.15) is 12.6 Å². The highest BCUT2D eigenvalue weighted by Gasteiger charge is 2.33. The molecule has 0 saturated carbocycles. The van der Waals surface area contributed by atoms with Crippen molar-refractivity contribution >= 4 is 42.2 Å². The lowest BCUT2D eigenvalue weighted by molar-refractivity contribution is -0.145. The molecular formula is C15H27N5O8S. The number of hydrogen-bond donors (Lipinski definition) is 9. The van der Waals surface area contributed by atoms with Gasteiger partial charge in [0.15, 0.2) is 6.04 Å². The van der Waals surface area contributed by atoms with Crippen molar-refractivity contribution in [3.05, 3.63) is 0 Å². The average molecular weight is 437 g/mol. The van der Waals surface area contributed by atoms with Crippen LogP contribution in [0.15, 0.2) is 0 Å². The molecule has 0 saturated heterocycles. The summed E-state index contributed by atoms with van der Waals surface area (Å²) in [7, 11) is 0. The number of primary amides is 1. The van der Waals surface area contributed by atoms with Crippen molar-refractivity contribution < 1.29 is 39.3 Å². The zero-order chi connectivity index (χ0) is 22.9. The number of aliphatic hydroxyl groups excluding tert-OH is 2. The van der Waals surface area contributed by atoms with Crippen LogP contribution in [0.1, 0.15) is 20.3 Å². The first-order valence-electron chi connectivity index (χ1n) is 8.46. The van der Waals surface area contributed by atoms with Crippen LogP contribution in [0.5, 0.6) is 0 Å². The van der Waals surface area contributed by atoms with Crippen molar-refractivity contribution in [1.82, 2.24) is 16.0 Å². The molecule has 0 aliphatic carbocycles. The molecule has 0 aliphatic heterocycles. The lowest BCUT2D eigenvalue weighted by Crippen LogP contribution is -2.61. The number of hydrogen-bond acceptors (Lipinski definition) is 9. The van der Waals surface area contributed by atoms with Crippen molar-refractivity contribution in [2.45, 2.75) is 56.6 Å². The number of nitrogens with two attached hydrogens (primary N) is 2. The van der Waals surface area contributed by atoms with Crippen LogP contribution in [0.2, 0.25) is 0 Å². The number of amides is 4. The summed E-state index contributed by atoms with van der Waals surface area (Å²) in [6.45, 7) is 2.30. The summed E-state index contributed by atoms with van der Waals surface area (Å²) in [5.74, 6) is -5.55. The van der Waals surface area contributed by atoms with Gasteiger partial charge < -0.3 is 42.7 Å². The number of rotatable bonds is 12. The normalized spacial score (nSPS) is 17.0. The predicted octanol–water partition coefficient (Wildman–Crippen LogP) is -4.58. The Hall–Kier alpha value is -2.42. The van der Waals surface area contributed by atoms with E-state index < -0.39 is 72.4 Å². The molecule has 0 radical (unpaired) electrons. The van der Waals surface area contributed by atoms with Gasteiger partial charge in [-0.1, -0.05) is 0 Å². The van der Waals surface area contributed by atoms with E-state index in [-0.39, 0.29) is 5.75 Å². The zero-order valence-corrected chi connectivity index (χ0v) is 16.8. The summed E-state index contributed by atoms with van der Waals surface area (Å²) in [6, 6.07) is -5.95. The Bertz CT molecular complexity index is 630. The molecule has 0 aliphatic rings. The first-order chi connectivity index (χ1) is 13.3. The number of aliphatic hydroxyl groups is 2. The van der Waals surface area contributed by atoms with E-state index in [9.17, 15) is 34.2 Å². The fourth-order valence-corrected chi connectivity index (χ4v) is 2.23. The fourth-order valence-electron chi connectivity index (χ4n) is 2.06. The maximum absolute atomic E-state index is 12.4.